The molecule has 1 atom stereocenters. The standard InChI is InChI=1S/C22H21FN2O3/c23-17-5-3-16(4-6-17)15-27-20-11-13-25(22(26)14-20)18-7-9-19(10-8-18)28-21-2-1-12-24-21/h3-11,13-14,21,24H,1-2,12,15H2/t21-/m1/s1. The van der Waals surface area contributed by atoms with Crippen molar-refractivity contribution < 1.29 is 13.9 Å². The Labute approximate surface area is 162 Å². The average molecular weight is 380 g/mol. The summed E-state index contributed by atoms with van der Waals surface area (Å²) >= 11 is 0. The molecule has 0 bridgehead atoms. The van der Waals surface area contributed by atoms with E-state index in [2.05, 4.69) is 5.32 Å². The molecule has 1 aliphatic heterocycles. The number of hydrogen-bond donors (Lipinski definition) is 1. The fourth-order valence-corrected chi connectivity index (χ4v) is 3.11. The Hall–Kier alpha value is -3.12. The van der Waals surface area contributed by atoms with Crippen LogP contribution >= 0.6 is 0 Å². The number of benzene rings is 2. The predicted molar refractivity (Wildman–Crippen MR) is 104 cm³/mol. The Morgan fingerprint density at radius 1 is 1.04 bits per heavy atom. The molecule has 144 valence electrons. The van der Waals surface area contributed by atoms with Crippen LogP contribution in [-0.2, 0) is 6.61 Å². The van der Waals surface area contributed by atoms with Gasteiger partial charge in [-0.1, -0.05) is 12.1 Å². The Balaban J connectivity index is 1.42. The number of hydrogen-bond acceptors (Lipinski definition) is 4. The molecule has 6 heteroatoms. The third-order valence-corrected chi connectivity index (χ3v) is 4.62. The smallest absolute Gasteiger partial charge is 0.258 e. The Kier molecular flexibility index (Phi) is 5.39. The minimum atomic E-state index is -0.290. The van der Waals surface area contributed by atoms with Crippen LogP contribution < -0.4 is 20.3 Å². The topological polar surface area (TPSA) is 52.5 Å². The van der Waals surface area contributed by atoms with Gasteiger partial charge in [-0.3, -0.25) is 14.7 Å². The normalized spacial score (nSPS) is 16.1. The van der Waals surface area contributed by atoms with Crippen molar-refractivity contribution in [2.45, 2.75) is 25.7 Å². The Morgan fingerprint density at radius 2 is 1.82 bits per heavy atom. The van der Waals surface area contributed by atoms with E-state index in [9.17, 15) is 9.18 Å². The molecule has 1 fully saturated rings. The summed E-state index contributed by atoms with van der Waals surface area (Å²) in [5.41, 5.74) is 1.39. The van der Waals surface area contributed by atoms with Gasteiger partial charge in [-0.15, -0.1) is 0 Å². The molecule has 0 spiro atoms. The quantitative estimate of drug-likeness (QED) is 0.709. The van der Waals surface area contributed by atoms with E-state index < -0.39 is 0 Å². The summed E-state index contributed by atoms with van der Waals surface area (Å²) < 4.78 is 26.0. The summed E-state index contributed by atoms with van der Waals surface area (Å²) in [5.74, 6) is 0.954. The number of rotatable bonds is 6. The lowest BCUT2D eigenvalue weighted by atomic mass is 10.2. The molecule has 1 aliphatic rings. The molecule has 1 aromatic heterocycles. The number of nitrogens with zero attached hydrogens (tertiary/aromatic N) is 1. The molecule has 5 nitrogen and oxygen atoms in total. The molecule has 2 heterocycles. The Morgan fingerprint density at radius 3 is 2.50 bits per heavy atom. The van der Waals surface area contributed by atoms with Crippen molar-refractivity contribution in [1.82, 2.24) is 9.88 Å². The van der Waals surface area contributed by atoms with Crippen LogP contribution in [0, 0.1) is 5.82 Å². The zero-order chi connectivity index (χ0) is 19.3. The third-order valence-electron chi connectivity index (χ3n) is 4.62. The van der Waals surface area contributed by atoms with Gasteiger partial charge in [0.2, 0.25) is 0 Å². The maximum Gasteiger partial charge on any atom is 0.258 e. The molecular weight excluding hydrogens is 359 g/mol. The molecule has 0 aliphatic carbocycles. The van der Waals surface area contributed by atoms with Gasteiger partial charge in [0, 0.05) is 18.0 Å². The van der Waals surface area contributed by atoms with Crippen LogP contribution in [0.5, 0.6) is 11.5 Å². The molecule has 1 saturated heterocycles. The maximum absolute atomic E-state index is 12.9. The highest BCUT2D eigenvalue weighted by Gasteiger charge is 2.15. The Bertz CT molecular complexity index is 978. The van der Waals surface area contributed by atoms with Gasteiger partial charge in [0.05, 0.1) is 0 Å². The second kappa shape index (κ2) is 8.27. The lowest BCUT2D eigenvalue weighted by Crippen LogP contribution is -2.27. The van der Waals surface area contributed by atoms with Crippen LogP contribution in [0.3, 0.4) is 0 Å². The van der Waals surface area contributed by atoms with E-state index in [-0.39, 0.29) is 24.2 Å². The largest absolute Gasteiger partial charge is 0.489 e. The van der Waals surface area contributed by atoms with Gasteiger partial charge in [-0.2, -0.15) is 0 Å². The summed E-state index contributed by atoms with van der Waals surface area (Å²) in [7, 11) is 0. The van der Waals surface area contributed by atoms with E-state index >= 15 is 0 Å². The van der Waals surface area contributed by atoms with Crippen molar-refractivity contribution in [3.05, 3.63) is 88.6 Å². The van der Waals surface area contributed by atoms with Crippen molar-refractivity contribution in [1.29, 1.82) is 0 Å². The molecule has 3 aromatic rings. The van der Waals surface area contributed by atoms with Crippen LogP contribution in [0.4, 0.5) is 4.39 Å². The van der Waals surface area contributed by atoms with E-state index in [0.29, 0.717) is 5.75 Å². The molecule has 0 saturated carbocycles. The van der Waals surface area contributed by atoms with Gasteiger partial charge in [-0.25, -0.2) is 4.39 Å². The minimum Gasteiger partial charge on any atom is -0.489 e. The first-order chi connectivity index (χ1) is 13.7. The summed E-state index contributed by atoms with van der Waals surface area (Å²) in [6.07, 6.45) is 3.86. The van der Waals surface area contributed by atoms with Gasteiger partial charge in [-0.05, 0) is 67.4 Å². The number of pyridine rings is 1. The predicted octanol–water partition coefficient (Wildman–Crippen LogP) is 3.64. The van der Waals surface area contributed by atoms with Crippen LogP contribution in [0.25, 0.3) is 5.69 Å². The first-order valence-electron chi connectivity index (χ1n) is 9.28. The lowest BCUT2D eigenvalue weighted by Gasteiger charge is -2.14. The van der Waals surface area contributed by atoms with Crippen molar-refractivity contribution in [2.24, 2.45) is 0 Å². The van der Waals surface area contributed by atoms with Gasteiger partial charge in [0.25, 0.3) is 5.56 Å². The van der Waals surface area contributed by atoms with Crippen LogP contribution in [-0.4, -0.2) is 17.3 Å². The van der Waals surface area contributed by atoms with E-state index in [0.717, 1.165) is 36.4 Å². The second-order valence-corrected chi connectivity index (χ2v) is 6.68. The monoisotopic (exact) mass is 380 g/mol. The second-order valence-electron chi connectivity index (χ2n) is 6.68. The van der Waals surface area contributed by atoms with E-state index in [4.69, 9.17) is 9.47 Å². The third kappa shape index (κ3) is 4.40. The molecular formula is C22H21FN2O3. The van der Waals surface area contributed by atoms with Gasteiger partial charge in [0.15, 0.2) is 0 Å². The van der Waals surface area contributed by atoms with Gasteiger partial charge >= 0.3 is 0 Å². The fourth-order valence-electron chi connectivity index (χ4n) is 3.11. The summed E-state index contributed by atoms with van der Waals surface area (Å²) in [4.78, 5) is 12.5. The van der Waals surface area contributed by atoms with Crippen molar-refractivity contribution in [3.8, 4) is 17.2 Å². The highest BCUT2D eigenvalue weighted by atomic mass is 19.1. The molecule has 0 unspecified atom stereocenters. The number of ether oxygens (including phenoxy) is 2. The molecule has 2 aromatic carbocycles. The zero-order valence-electron chi connectivity index (χ0n) is 15.3. The molecule has 1 N–H and O–H groups in total. The zero-order valence-corrected chi connectivity index (χ0v) is 15.3. The van der Waals surface area contributed by atoms with Crippen molar-refractivity contribution in [3.63, 3.8) is 0 Å². The van der Waals surface area contributed by atoms with Gasteiger partial charge in [0.1, 0.15) is 30.2 Å². The molecule has 0 radical (unpaired) electrons. The van der Waals surface area contributed by atoms with Crippen molar-refractivity contribution >= 4 is 0 Å². The number of halogens is 1. The van der Waals surface area contributed by atoms with Crippen LogP contribution in [0.1, 0.15) is 18.4 Å². The summed E-state index contributed by atoms with van der Waals surface area (Å²) in [6, 6.07) is 16.7. The number of nitrogens with one attached hydrogen (secondary N) is 1. The van der Waals surface area contributed by atoms with E-state index in [1.807, 2.05) is 24.3 Å². The lowest BCUT2D eigenvalue weighted by molar-refractivity contribution is 0.187. The SMILES string of the molecule is O=c1cc(OCc2ccc(F)cc2)ccn1-c1ccc(O[C@@H]2CCCN2)cc1. The molecule has 4 rings (SSSR count). The van der Waals surface area contributed by atoms with Crippen LogP contribution in [0.15, 0.2) is 71.7 Å². The number of aromatic nitrogens is 1. The fraction of sp³-hybridized carbons (Fsp3) is 0.227. The van der Waals surface area contributed by atoms with E-state index in [1.54, 1.807) is 29.0 Å². The van der Waals surface area contributed by atoms with Crippen molar-refractivity contribution in [2.75, 3.05) is 6.54 Å². The van der Waals surface area contributed by atoms with E-state index in [1.165, 1.54) is 18.2 Å². The van der Waals surface area contributed by atoms with Crippen LogP contribution in [0.2, 0.25) is 0 Å². The average Bonchev–Trinajstić information content (AvgIpc) is 3.22. The molecule has 0 amide bonds. The van der Waals surface area contributed by atoms with Gasteiger partial charge < -0.3 is 9.47 Å². The highest BCUT2D eigenvalue weighted by Crippen LogP contribution is 2.19. The first kappa shape index (κ1) is 18.3. The maximum atomic E-state index is 12.9. The summed E-state index contributed by atoms with van der Waals surface area (Å²) in [5, 5.41) is 3.28. The highest BCUT2D eigenvalue weighted by molar-refractivity contribution is 5.38. The molecule has 28 heavy (non-hydrogen) atoms. The first-order valence-corrected chi connectivity index (χ1v) is 9.28. The summed E-state index contributed by atoms with van der Waals surface area (Å²) in [6.45, 7) is 1.25. The minimum absolute atomic E-state index is 0.0612.